The summed E-state index contributed by atoms with van der Waals surface area (Å²) >= 11 is 0. The van der Waals surface area contributed by atoms with E-state index in [1.807, 2.05) is 6.07 Å². The predicted octanol–water partition coefficient (Wildman–Crippen LogP) is 1.83. The molecule has 0 amide bonds. The van der Waals surface area contributed by atoms with E-state index in [0.717, 1.165) is 5.56 Å². The number of hydrazone groups is 1. The Kier molecular flexibility index (Phi) is 6.14. The van der Waals surface area contributed by atoms with E-state index in [2.05, 4.69) is 10.5 Å². The SMILES string of the molecule is COc1cc(C=NNCCO)ccc1OC(=O)c1ccccc1. The zero-order chi connectivity index (χ0) is 16.5. The molecule has 6 nitrogen and oxygen atoms in total. The summed E-state index contributed by atoms with van der Waals surface area (Å²) in [6.45, 7) is 0.384. The van der Waals surface area contributed by atoms with Crippen LogP contribution in [0.3, 0.4) is 0 Å². The van der Waals surface area contributed by atoms with Gasteiger partial charge in [-0.2, -0.15) is 5.10 Å². The van der Waals surface area contributed by atoms with Crippen molar-refractivity contribution in [3.63, 3.8) is 0 Å². The van der Waals surface area contributed by atoms with Gasteiger partial charge in [0, 0.05) is 0 Å². The molecule has 0 bridgehead atoms. The Bertz CT molecular complexity index is 672. The van der Waals surface area contributed by atoms with Crippen molar-refractivity contribution < 1.29 is 19.4 Å². The first-order chi connectivity index (χ1) is 11.2. The number of carbonyl (C=O) groups is 1. The number of aliphatic hydroxyl groups excluding tert-OH is 1. The van der Waals surface area contributed by atoms with Crippen LogP contribution in [0.2, 0.25) is 0 Å². The number of rotatable bonds is 7. The molecule has 120 valence electrons. The van der Waals surface area contributed by atoms with Gasteiger partial charge in [-0.1, -0.05) is 18.2 Å². The standard InChI is InChI=1S/C17H18N2O4/c1-22-16-11-13(12-19-18-9-10-20)7-8-15(16)23-17(21)14-5-3-2-4-6-14/h2-8,11-12,18,20H,9-10H2,1H3. The molecule has 0 aliphatic heterocycles. The monoisotopic (exact) mass is 314 g/mol. The number of nitrogens with zero attached hydrogens (tertiary/aromatic N) is 1. The number of carbonyl (C=O) groups excluding carboxylic acids is 1. The Morgan fingerprint density at radius 3 is 2.70 bits per heavy atom. The Hall–Kier alpha value is -2.86. The summed E-state index contributed by atoms with van der Waals surface area (Å²) in [6.07, 6.45) is 1.58. The molecular formula is C17H18N2O4. The Morgan fingerprint density at radius 2 is 2.00 bits per heavy atom. The molecule has 6 heteroatoms. The van der Waals surface area contributed by atoms with Gasteiger partial charge in [0.2, 0.25) is 0 Å². The van der Waals surface area contributed by atoms with Gasteiger partial charge < -0.3 is 20.0 Å². The summed E-state index contributed by atoms with van der Waals surface area (Å²) in [5.41, 5.74) is 3.92. The van der Waals surface area contributed by atoms with Gasteiger partial charge in [-0.25, -0.2) is 4.79 Å². The van der Waals surface area contributed by atoms with Crippen LogP contribution in [0.1, 0.15) is 15.9 Å². The van der Waals surface area contributed by atoms with E-state index in [-0.39, 0.29) is 6.61 Å². The maximum Gasteiger partial charge on any atom is 0.343 e. The highest BCUT2D eigenvalue weighted by Gasteiger charge is 2.12. The van der Waals surface area contributed by atoms with Gasteiger partial charge in [0.15, 0.2) is 11.5 Å². The van der Waals surface area contributed by atoms with Crippen molar-refractivity contribution in [2.24, 2.45) is 5.10 Å². The average Bonchev–Trinajstić information content (AvgIpc) is 2.60. The zero-order valence-corrected chi connectivity index (χ0v) is 12.7. The van der Waals surface area contributed by atoms with Crippen molar-refractivity contribution in [3.05, 3.63) is 59.7 Å². The van der Waals surface area contributed by atoms with Gasteiger partial charge in [0.05, 0.1) is 32.0 Å². The largest absolute Gasteiger partial charge is 0.493 e. The van der Waals surface area contributed by atoms with E-state index in [9.17, 15) is 4.79 Å². The van der Waals surface area contributed by atoms with Crippen molar-refractivity contribution in [2.45, 2.75) is 0 Å². The molecule has 0 fully saturated rings. The third kappa shape index (κ3) is 4.82. The van der Waals surface area contributed by atoms with E-state index in [0.29, 0.717) is 23.6 Å². The Balaban J connectivity index is 2.10. The first-order valence-electron chi connectivity index (χ1n) is 7.06. The smallest absolute Gasteiger partial charge is 0.343 e. The quantitative estimate of drug-likeness (QED) is 0.268. The van der Waals surface area contributed by atoms with E-state index in [1.165, 1.54) is 7.11 Å². The molecule has 2 aromatic rings. The van der Waals surface area contributed by atoms with Crippen LogP contribution in [0, 0.1) is 0 Å². The number of hydrogen-bond acceptors (Lipinski definition) is 6. The number of methoxy groups -OCH3 is 1. The summed E-state index contributed by atoms with van der Waals surface area (Å²) in [6, 6.07) is 13.8. The molecule has 0 saturated carbocycles. The van der Waals surface area contributed by atoms with Crippen LogP contribution in [0.5, 0.6) is 11.5 Å². The second-order valence-corrected chi connectivity index (χ2v) is 4.56. The minimum Gasteiger partial charge on any atom is -0.493 e. The second kappa shape index (κ2) is 8.55. The molecule has 0 radical (unpaired) electrons. The Morgan fingerprint density at radius 1 is 1.22 bits per heavy atom. The molecule has 23 heavy (non-hydrogen) atoms. The van der Waals surface area contributed by atoms with Crippen LogP contribution in [0.4, 0.5) is 0 Å². The molecule has 2 rings (SSSR count). The molecule has 2 N–H and O–H groups in total. The van der Waals surface area contributed by atoms with Gasteiger partial charge >= 0.3 is 5.97 Å². The number of hydrogen-bond donors (Lipinski definition) is 2. The van der Waals surface area contributed by atoms with Crippen LogP contribution in [0.15, 0.2) is 53.6 Å². The molecule has 0 aromatic heterocycles. The highest BCUT2D eigenvalue weighted by Crippen LogP contribution is 2.28. The maximum atomic E-state index is 12.1. The number of esters is 1. The maximum absolute atomic E-state index is 12.1. The van der Waals surface area contributed by atoms with E-state index in [1.54, 1.807) is 48.7 Å². The van der Waals surface area contributed by atoms with Gasteiger partial charge in [0.1, 0.15) is 0 Å². The summed E-state index contributed by atoms with van der Waals surface area (Å²) in [5, 5.41) is 12.6. The molecule has 0 aliphatic carbocycles. The number of benzene rings is 2. The molecular weight excluding hydrogens is 296 g/mol. The molecule has 0 aliphatic rings. The zero-order valence-electron chi connectivity index (χ0n) is 12.7. The minimum atomic E-state index is -0.449. The third-order valence-corrected chi connectivity index (χ3v) is 2.93. The number of aliphatic hydroxyl groups is 1. The van der Waals surface area contributed by atoms with Crippen molar-refractivity contribution in [3.8, 4) is 11.5 Å². The third-order valence-electron chi connectivity index (χ3n) is 2.93. The van der Waals surface area contributed by atoms with Crippen LogP contribution < -0.4 is 14.9 Å². The first-order valence-corrected chi connectivity index (χ1v) is 7.06. The average molecular weight is 314 g/mol. The van der Waals surface area contributed by atoms with E-state index >= 15 is 0 Å². The van der Waals surface area contributed by atoms with E-state index in [4.69, 9.17) is 14.6 Å². The summed E-state index contributed by atoms with van der Waals surface area (Å²) < 4.78 is 10.6. The molecule has 0 saturated heterocycles. The Labute approximate surface area is 134 Å². The molecule has 0 unspecified atom stereocenters. The second-order valence-electron chi connectivity index (χ2n) is 4.56. The van der Waals surface area contributed by atoms with Crippen molar-refractivity contribution >= 4 is 12.2 Å². The lowest BCUT2D eigenvalue weighted by Crippen LogP contribution is -2.11. The van der Waals surface area contributed by atoms with Gasteiger partial charge in [-0.3, -0.25) is 0 Å². The summed E-state index contributed by atoms with van der Waals surface area (Å²) in [5.74, 6) is 0.317. The van der Waals surface area contributed by atoms with Crippen molar-refractivity contribution in [1.82, 2.24) is 5.43 Å². The fourth-order valence-electron chi connectivity index (χ4n) is 1.82. The van der Waals surface area contributed by atoms with Crippen LogP contribution >= 0.6 is 0 Å². The number of nitrogens with one attached hydrogen (secondary N) is 1. The van der Waals surface area contributed by atoms with Crippen molar-refractivity contribution in [1.29, 1.82) is 0 Å². The van der Waals surface area contributed by atoms with E-state index < -0.39 is 5.97 Å². The van der Waals surface area contributed by atoms with Crippen LogP contribution in [-0.2, 0) is 0 Å². The first kappa shape index (κ1) is 16.5. The lowest BCUT2D eigenvalue weighted by Gasteiger charge is -2.10. The molecule has 0 atom stereocenters. The normalized spacial score (nSPS) is 10.5. The van der Waals surface area contributed by atoms with Gasteiger partial charge in [0.25, 0.3) is 0 Å². The van der Waals surface area contributed by atoms with Gasteiger partial charge in [-0.05, 0) is 35.9 Å². The lowest BCUT2D eigenvalue weighted by molar-refractivity contribution is 0.0729. The predicted molar refractivity (Wildman–Crippen MR) is 87.1 cm³/mol. The molecule has 2 aromatic carbocycles. The summed E-state index contributed by atoms with van der Waals surface area (Å²) in [4.78, 5) is 12.1. The van der Waals surface area contributed by atoms with Crippen molar-refractivity contribution in [2.75, 3.05) is 20.3 Å². The lowest BCUT2D eigenvalue weighted by atomic mass is 10.2. The fraction of sp³-hybridized carbons (Fsp3) is 0.176. The topological polar surface area (TPSA) is 80.2 Å². The van der Waals surface area contributed by atoms with Gasteiger partial charge in [-0.15, -0.1) is 0 Å². The fourth-order valence-corrected chi connectivity index (χ4v) is 1.82. The molecule has 0 heterocycles. The summed E-state index contributed by atoms with van der Waals surface area (Å²) in [7, 11) is 1.50. The highest BCUT2D eigenvalue weighted by molar-refractivity contribution is 5.91. The van der Waals surface area contributed by atoms with Crippen LogP contribution in [-0.4, -0.2) is 37.6 Å². The highest BCUT2D eigenvalue weighted by atomic mass is 16.6. The molecule has 0 spiro atoms. The number of ether oxygens (including phenoxy) is 2. The minimum absolute atomic E-state index is 0.00896. The van der Waals surface area contributed by atoms with Crippen LogP contribution in [0.25, 0.3) is 0 Å².